The van der Waals surface area contributed by atoms with E-state index in [2.05, 4.69) is 31.4 Å². The van der Waals surface area contributed by atoms with Gasteiger partial charge in [-0.2, -0.15) is 5.10 Å². The van der Waals surface area contributed by atoms with Crippen molar-refractivity contribution in [2.45, 2.75) is 20.4 Å². The van der Waals surface area contributed by atoms with Gasteiger partial charge in [-0.05, 0) is 44.2 Å². The second-order valence-corrected chi connectivity index (χ2v) is 6.80. The molecule has 0 unspecified atom stereocenters. The van der Waals surface area contributed by atoms with Gasteiger partial charge in [0.05, 0.1) is 11.6 Å². The third-order valence-electron chi connectivity index (χ3n) is 4.01. The molecule has 2 aromatic heterocycles. The maximum atomic E-state index is 12.7. The molecule has 0 saturated carbocycles. The zero-order valence-corrected chi connectivity index (χ0v) is 16.3. The van der Waals surface area contributed by atoms with E-state index in [1.54, 1.807) is 28.8 Å². The fraction of sp³-hybridized carbons (Fsp3) is 0.158. The molecule has 7 nitrogen and oxygen atoms in total. The van der Waals surface area contributed by atoms with Crippen LogP contribution in [-0.4, -0.2) is 26.8 Å². The molecule has 2 N–H and O–H groups in total. The standard InChI is InChI=1S/C19H17BrN4O3/c1-3-24-10-15(17(26)14-6-4-11(2)22-18(14)24)19(27)23-21-9-12-8-13(20)5-7-16(12)25/h4-10,25H,3H2,1-2H3,(H,23,27)/b21-9+. The lowest BCUT2D eigenvalue weighted by molar-refractivity contribution is 0.0953. The second-order valence-electron chi connectivity index (χ2n) is 5.88. The number of hydrazone groups is 1. The first-order chi connectivity index (χ1) is 12.9. The Morgan fingerprint density at radius 2 is 2.15 bits per heavy atom. The van der Waals surface area contributed by atoms with Crippen LogP contribution in [0.4, 0.5) is 0 Å². The summed E-state index contributed by atoms with van der Waals surface area (Å²) in [7, 11) is 0. The number of carbonyl (C=O) groups excluding carboxylic acids is 1. The van der Waals surface area contributed by atoms with E-state index in [1.807, 2.05) is 13.8 Å². The minimum Gasteiger partial charge on any atom is -0.507 e. The molecule has 0 radical (unpaired) electrons. The number of fused-ring (bicyclic) bond motifs is 1. The van der Waals surface area contributed by atoms with E-state index in [9.17, 15) is 14.7 Å². The van der Waals surface area contributed by atoms with E-state index in [1.165, 1.54) is 18.5 Å². The zero-order chi connectivity index (χ0) is 19.6. The van der Waals surface area contributed by atoms with Gasteiger partial charge in [-0.15, -0.1) is 0 Å². The molecule has 0 aliphatic carbocycles. The van der Waals surface area contributed by atoms with E-state index in [0.29, 0.717) is 23.1 Å². The van der Waals surface area contributed by atoms with E-state index >= 15 is 0 Å². The van der Waals surface area contributed by atoms with Crippen LogP contribution in [0, 0.1) is 6.92 Å². The number of nitrogens with zero attached hydrogens (tertiary/aromatic N) is 3. The molecule has 0 fully saturated rings. The summed E-state index contributed by atoms with van der Waals surface area (Å²) >= 11 is 3.30. The van der Waals surface area contributed by atoms with Crippen molar-refractivity contribution in [2.75, 3.05) is 0 Å². The number of amides is 1. The molecule has 8 heteroatoms. The Hall–Kier alpha value is -3.00. The molecule has 0 aliphatic rings. The minimum absolute atomic E-state index is 0.0226. The van der Waals surface area contributed by atoms with Crippen molar-refractivity contribution in [3.05, 3.63) is 68.0 Å². The fourth-order valence-electron chi connectivity index (χ4n) is 2.61. The average Bonchev–Trinajstić information content (AvgIpc) is 2.64. The summed E-state index contributed by atoms with van der Waals surface area (Å²) in [6, 6.07) is 8.25. The predicted molar refractivity (Wildman–Crippen MR) is 107 cm³/mol. The van der Waals surface area contributed by atoms with Gasteiger partial charge in [0.25, 0.3) is 5.91 Å². The van der Waals surface area contributed by atoms with Crippen LogP contribution in [0.1, 0.15) is 28.5 Å². The molecular formula is C19H17BrN4O3. The first-order valence-electron chi connectivity index (χ1n) is 8.23. The maximum absolute atomic E-state index is 12.7. The SMILES string of the molecule is CCn1cc(C(=O)N/N=C/c2cc(Br)ccc2O)c(=O)c2ccc(C)nc21. The largest absolute Gasteiger partial charge is 0.507 e. The molecule has 0 bridgehead atoms. The van der Waals surface area contributed by atoms with Crippen molar-refractivity contribution >= 4 is 39.1 Å². The minimum atomic E-state index is -0.629. The van der Waals surface area contributed by atoms with E-state index < -0.39 is 11.3 Å². The quantitative estimate of drug-likeness (QED) is 0.492. The lowest BCUT2D eigenvalue weighted by atomic mass is 10.1. The highest BCUT2D eigenvalue weighted by Crippen LogP contribution is 2.20. The van der Waals surface area contributed by atoms with Crippen LogP contribution in [0.25, 0.3) is 11.0 Å². The highest BCUT2D eigenvalue weighted by atomic mass is 79.9. The number of phenols is 1. The molecule has 3 rings (SSSR count). The lowest BCUT2D eigenvalue weighted by Gasteiger charge is -2.10. The number of phenolic OH excluding ortho intramolecular Hbond substituents is 1. The molecular weight excluding hydrogens is 412 g/mol. The Bertz CT molecular complexity index is 1120. The summed E-state index contributed by atoms with van der Waals surface area (Å²) in [5.74, 6) is -0.605. The molecule has 0 aliphatic heterocycles. The Kier molecular flexibility index (Phi) is 5.36. The van der Waals surface area contributed by atoms with Crippen LogP contribution < -0.4 is 10.9 Å². The number of aromatic nitrogens is 2. The maximum Gasteiger partial charge on any atom is 0.276 e. The van der Waals surface area contributed by atoms with E-state index in [0.717, 1.165) is 10.2 Å². The molecule has 0 atom stereocenters. The van der Waals surface area contributed by atoms with Gasteiger partial charge in [-0.3, -0.25) is 9.59 Å². The number of aromatic hydroxyl groups is 1. The van der Waals surface area contributed by atoms with Crippen molar-refractivity contribution in [1.29, 1.82) is 0 Å². The third kappa shape index (κ3) is 3.90. The van der Waals surface area contributed by atoms with Crippen LogP contribution in [-0.2, 0) is 6.54 Å². The van der Waals surface area contributed by atoms with Gasteiger partial charge in [0.2, 0.25) is 5.43 Å². The molecule has 2 heterocycles. The summed E-state index contributed by atoms with van der Waals surface area (Å²) in [6.07, 6.45) is 2.79. The number of carbonyl (C=O) groups is 1. The third-order valence-corrected chi connectivity index (χ3v) is 4.50. The summed E-state index contributed by atoms with van der Waals surface area (Å²) in [5.41, 5.74) is 3.67. The Labute approximate surface area is 163 Å². The van der Waals surface area contributed by atoms with Gasteiger partial charge < -0.3 is 9.67 Å². The topological polar surface area (TPSA) is 96.6 Å². The average molecular weight is 429 g/mol. The van der Waals surface area contributed by atoms with Crippen LogP contribution in [0.2, 0.25) is 0 Å². The normalized spacial score (nSPS) is 11.2. The number of rotatable bonds is 4. The van der Waals surface area contributed by atoms with Crippen LogP contribution in [0.3, 0.4) is 0 Å². The van der Waals surface area contributed by atoms with E-state index in [4.69, 9.17) is 0 Å². The van der Waals surface area contributed by atoms with Crippen LogP contribution >= 0.6 is 15.9 Å². The highest BCUT2D eigenvalue weighted by molar-refractivity contribution is 9.10. The highest BCUT2D eigenvalue weighted by Gasteiger charge is 2.15. The monoisotopic (exact) mass is 428 g/mol. The summed E-state index contributed by atoms with van der Waals surface area (Å²) in [5, 5.41) is 14.0. The zero-order valence-electron chi connectivity index (χ0n) is 14.7. The van der Waals surface area contributed by atoms with Crippen LogP contribution in [0.5, 0.6) is 5.75 Å². The van der Waals surface area contributed by atoms with Crippen molar-refractivity contribution in [3.63, 3.8) is 0 Å². The van der Waals surface area contributed by atoms with Gasteiger partial charge in [0, 0.05) is 28.5 Å². The molecule has 1 amide bonds. The number of hydrogen-bond donors (Lipinski definition) is 2. The Morgan fingerprint density at radius 1 is 1.37 bits per heavy atom. The number of pyridine rings is 2. The Balaban J connectivity index is 1.93. The number of halogens is 1. The first-order valence-corrected chi connectivity index (χ1v) is 9.02. The van der Waals surface area contributed by atoms with Crippen molar-refractivity contribution in [1.82, 2.24) is 15.0 Å². The number of benzene rings is 1. The molecule has 1 aromatic carbocycles. The summed E-state index contributed by atoms with van der Waals surface area (Å²) < 4.78 is 2.51. The van der Waals surface area contributed by atoms with Crippen molar-refractivity contribution in [3.8, 4) is 5.75 Å². The van der Waals surface area contributed by atoms with E-state index in [-0.39, 0.29) is 11.3 Å². The fourth-order valence-corrected chi connectivity index (χ4v) is 2.99. The van der Waals surface area contributed by atoms with Gasteiger partial charge in [-0.25, -0.2) is 10.4 Å². The molecule has 0 saturated heterocycles. The molecule has 3 aromatic rings. The second kappa shape index (κ2) is 7.71. The van der Waals surface area contributed by atoms with Gasteiger partial charge in [0.15, 0.2) is 0 Å². The molecule has 138 valence electrons. The number of aryl methyl sites for hydroxylation is 2. The number of hydrogen-bond acceptors (Lipinski definition) is 5. The van der Waals surface area contributed by atoms with Gasteiger partial charge in [0.1, 0.15) is 17.0 Å². The first kappa shape index (κ1) is 18.8. The lowest BCUT2D eigenvalue weighted by Crippen LogP contribution is -2.27. The predicted octanol–water partition coefficient (Wildman–Crippen LogP) is 2.96. The van der Waals surface area contributed by atoms with Crippen LogP contribution in [0.15, 0.2) is 50.9 Å². The van der Waals surface area contributed by atoms with Gasteiger partial charge in [-0.1, -0.05) is 15.9 Å². The summed E-state index contributed by atoms with van der Waals surface area (Å²) in [6.45, 7) is 4.31. The smallest absolute Gasteiger partial charge is 0.276 e. The van der Waals surface area contributed by atoms with Crippen molar-refractivity contribution < 1.29 is 9.90 Å². The Morgan fingerprint density at radius 3 is 2.89 bits per heavy atom. The number of nitrogens with one attached hydrogen (secondary N) is 1. The molecule has 27 heavy (non-hydrogen) atoms. The van der Waals surface area contributed by atoms with Gasteiger partial charge >= 0.3 is 0 Å². The summed E-state index contributed by atoms with van der Waals surface area (Å²) in [4.78, 5) is 29.5. The molecule has 0 spiro atoms. The van der Waals surface area contributed by atoms with Crippen molar-refractivity contribution in [2.24, 2.45) is 5.10 Å².